The lowest BCUT2D eigenvalue weighted by Crippen LogP contribution is -1.91. The van der Waals surface area contributed by atoms with Crippen LogP contribution >= 0.6 is 23.1 Å². The SMILES string of the molecule is COc1ccc(C)cc1CSc1nnc(Nc2ccc(C)c(C)c2)s1. The van der Waals surface area contributed by atoms with E-state index >= 15 is 0 Å². The van der Waals surface area contributed by atoms with Crippen molar-refractivity contribution in [2.45, 2.75) is 30.9 Å². The average Bonchev–Trinajstić information content (AvgIpc) is 3.04. The molecule has 0 unspecified atom stereocenters. The number of anilines is 2. The van der Waals surface area contributed by atoms with Gasteiger partial charge in [-0.1, -0.05) is 46.9 Å². The molecule has 1 heterocycles. The molecule has 0 aliphatic carbocycles. The van der Waals surface area contributed by atoms with Crippen LogP contribution in [0.3, 0.4) is 0 Å². The van der Waals surface area contributed by atoms with Gasteiger partial charge in [0, 0.05) is 17.0 Å². The van der Waals surface area contributed by atoms with E-state index in [0.29, 0.717) is 0 Å². The molecule has 0 bridgehead atoms. The van der Waals surface area contributed by atoms with Crippen molar-refractivity contribution < 1.29 is 4.74 Å². The van der Waals surface area contributed by atoms with Gasteiger partial charge >= 0.3 is 0 Å². The molecule has 0 radical (unpaired) electrons. The first-order valence-corrected chi connectivity index (χ1v) is 9.79. The second kappa shape index (κ2) is 7.89. The summed E-state index contributed by atoms with van der Waals surface area (Å²) in [6.45, 7) is 6.31. The van der Waals surface area contributed by atoms with E-state index in [0.717, 1.165) is 26.7 Å². The van der Waals surface area contributed by atoms with Crippen molar-refractivity contribution in [2.24, 2.45) is 0 Å². The zero-order valence-electron chi connectivity index (χ0n) is 14.8. The number of methoxy groups -OCH3 is 1. The summed E-state index contributed by atoms with van der Waals surface area (Å²) in [4.78, 5) is 0. The van der Waals surface area contributed by atoms with E-state index in [1.807, 2.05) is 6.07 Å². The fourth-order valence-electron chi connectivity index (χ4n) is 2.42. The molecule has 130 valence electrons. The smallest absolute Gasteiger partial charge is 0.210 e. The molecule has 1 aromatic heterocycles. The molecule has 0 saturated heterocycles. The van der Waals surface area contributed by atoms with Gasteiger partial charge in [-0.15, -0.1) is 10.2 Å². The van der Waals surface area contributed by atoms with Crippen molar-refractivity contribution in [3.63, 3.8) is 0 Å². The monoisotopic (exact) mass is 371 g/mol. The highest BCUT2D eigenvalue weighted by molar-refractivity contribution is 8.00. The summed E-state index contributed by atoms with van der Waals surface area (Å²) >= 11 is 3.24. The van der Waals surface area contributed by atoms with E-state index in [1.54, 1.807) is 30.2 Å². The predicted molar refractivity (Wildman–Crippen MR) is 106 cm³/mol. The third kappa shape index (κ3) is 4.52. The second-order valence-corrected chi connectivity index (χ2v) is 8.10. The fourth-order valence-corrected chi connectivity index (χ4v) is 4.17. The maximum Gasteiger partial charge on any atom is 0.210 e. The van der Waals surface area contributed by atoms with Crippen LogP contribution in [0, 0.1) is 20.8 Å². The highest BCUT2D eigenvalue weighted by Gasteiger charge is 2.09. The van der Waals surface area contributed by atoms with Gasteiger partial charge in [-0.25, -0.2) is 0 Å². The first-order chi connectivity index (χ1) is 12.0. The normalized spacial score (nSPS) is 10.7. The van der Waals surface area contributed by atoms with E-state index in [1.165, 1.54) is 22.3 Å². The summed E-state index contributed by atoms with van der Waals surface area (Å²) in [6, 6.07) is 12.5. The number of rotatable bonds is 6. The molecule has 0 atom stereocenters. The minimum atomic E-state index is 0.807. The van der Waals surface area contributed by atoms with E-state index in [9.17, 15) is 0 Å². The molecule has 0 amide bonds. The maximum absolute atomic E-state index is 5.44. The third-order valence-corrected chi connectivity index (χ3v) is 5.97. The largest absolute Gasteiger partial charge is 0.496 e. The minimum Gasteiger partial charge on any atom is -0.496 e. The van der Waals surface area contributed by atoms with Crippen LogP contribution in [0.15, 0.2) is 40.7 Å². The Labute approximate surface area is 156 Å². The van der Waals surface area contributed by atoms with Crippen LogP contribution in [-0.4, -0.2) is 17.3 Å². The van der Waals surface area contributed by atoms with Gasteiger partial charge in [-0.3, -0.25) is 0 Å². The average molecular weight is 372 g/mol. The Bertz CT molecular complexity index is 877. The van der Waals surface area contributed by atoms with Crippen molar-refractivity contribution in [3.8, 4) is 5.75 Å². The number of hydrogen-bond acceptors (Lipinski definition) is 6. The van der Waals surface area contributed by atoms with Crippen molar-refractivity contribution in [2.75, 3.05) is 12.4 Å². The molecule has 1 N–H and O–H groups in total. The highest BCUT2D eigenvalue weighted by atomic mass is 32.2. The summed E-state index contributed by atoms with van der Waals surface area (Å²) in [5.74, 6) is 1.72. The number of nitrogens with one attached hydrogen (secondary N) is 1. The van der Waals surface area contributed by atoms with Crippen molar-refractivity contribution in [3.05, 3.63) is 58.7 Å². The number of hydrogen-bond donors (Lipinski definition) is 1. The van der Waals surface area contributed by atoms with E-state index < -0.39 is 0 Å². The Kier molecular flexibility index (Phi) is 5.60. The Hall–Kier alpha value is -2.05. The Morgan fingerprint density at radius 2 is 1.88 bits per heavy atom. The van der Waals surface area contributed by atoms with Gasteiger partial charge in [0.25, 0.3) is 0 Å². The van der Waals surface area contributed by atoms with Gasteiger partial charge < -0.3 is 10.1 Å². The maximum atomic E-state index is 5.44. The molecule has 0 fully saturated rings. The Balaban J connectivity index is 1.66. The van der Waals surface area contributed by atoms with Gasteiger partial charge in [-0.05, 0) is 50.1 Å². The van der Waals surface area contributed by atoms with Crippen molar-refractivity contribution in [1.29, 1.82) is 0 Å². The summed E-state index contributed by atoms with van der Waals surface area (Å²) < 4.78 is 6.38. The number of aromatic nitrogens is 2. The topological polar surface area (TPSA) is 47.0 Å². The number of aryl methyl sites for hydroxylation is 3. The Morgan fingerprint density at radius 1 is 1.04 bits per heavy atom. The minimum absolute atomic E-state index is 0.807. The van der Waals surface area contributed by atoms with Crippen LogP contribution in [0.2, 0.25) is 0 Å². The predicted octanol–water partition coefficient (Wildman–Crippen LogP) is 5.51. The molecule has 0 spiro atoms. The molecule has 25 heavy (non-hydrogen) atoms. The zero-order chi connectivity index (χ0) is 17.8. The van der Waals surface area contributed by atoms with Crippen LogP contribution in [0.25, 0.3) is 0 Å². The van der Waals surface area contributed by atoms with Gasteiger partial charge in [0.15, 0.2) is 4.34 Å². The molecular formula is C19H21N3OS2. The number of nitrogens with zero attached hydrogens (tertiary/aromatic N) is 2. The molecule has 0 saturated carbocycles. The van der Waals surface area contributed by atoms with Gasteiger partial charge in [0.05, 0.1) is 7.11 Å². The van der Waals surface area contributed by atoms with Crippen LogP contribution < -0.4 is 10.1 Å². The zero-order valence-corrected chi connectivity index (χ0v) is 16.4. The first-order valence-electron chi connectivity index (χ1n) is 7.99. The van der Waals surface area contributed by atoms with Gasteiger partial charge in [-0.2, -0.15) is 0 Å². The van der Waals surface area contributed by atoms with Gasteiger partial charge in [0.1, 0.15) is 5.75 Å². The molecule has 2 aromatic carbocycles. The van der Waals surface area contributed by atoms with E-state index in [2.05, 4.69) is 66.6 Å². The highest BCUT2D eigenvalue weighted by Crippen LogP contribution is 2.32. The molecule has 0 aliphatic heterocycles. The summed E-state index contributed by atoms with van der Waals surface area (Å²) in [7, 11) is 1.70. The Morgan fingerprint density at radius 3 is 2.64 bits per heavy atom. The molecule has 0 aliphatic rings. The number of ether oxygens (including phenoxy) is 1. The van der Waals surface area contributed by atoms with Gasteiger partial charge in [0.2, 0.25) is 5.13 Å². The standard InChI is InChI=1S/C19H21N3OS2/c1-12-5-8-17(23-4)15(9-12)11-24-19-22-21-18(25-19)20-16-7-6-13(2)14(3)10-16/h5-10H,11H2,1-4H3,(H,20,21). The van der Waals surface area contributed by atoms with Crippen molar-refractivity contribution >= 4 is 33.9 Å². The third-order valence-electron chi connectivity index (χ3n) is 3.95. The second-order valence-electron chi connectivity index (χ2n) is 5.90. The molecule has 3 aromatic rings. The number of thioether (sulfide) groups is 1. The van der Waals surface area contributed by atoms with Crippen LogP contribution in [0.4, 0.5) is 10.8 Å². The fraction of sp³-hybridized carbons (Fsp3) is 0.263. The van der Waals surface area contributed by atoms with Crippen LogP contribution in [0.5, 0.6) is 5.75 Å². The first kappa shape index (κ1) is 17.8. The molecule has 6 heteroatoms. The molecule has 3 rings (SSSR count). The van der Waals surface area contributed by atoms with Crippen LogP contribution in [0.1, 0.15) is 22.3 Å². The van der Waals surface area contributed by atoms with E-state index in [-0.39, 0.29) is 0 Å². The number of benzene rings is 2. The molecule has 4 nitrogen and oxygen atoms in total. The summed E-state index contributed by atoms with van der Waals surface area (Å²) in [5.41, 5.74) is 5.98. The summed E-state index contributed by atoms with van der Waals surface area (Å²) in [6.07, 6.45) is 0. The van der Waals surface area contributed by atoms with Crippen molar-refractivity contribution in [1.82, 2.24) is 10.2 Å². The quantitative estimate of drug-likeness (QED) is 0.579. The summed E-state index contributed by atoms with van der Waals surface area (Å²) in [5, 5.41) is 12.7. The van der Waals surface area contributed by atoms with Crippen LogP contribution in [-0.2, 0) is 5.75 Å². The lowest BCUT2D eigenvalue weighted by atomic mass is 10.1. The lowest BCUT2D eigenvalue weighted by molar-refractivity contribution is 0.411. The molecular weight excluding hydrogens is 350 g/mol. The lowest BCUT2D eigenvalue weighted by Gasteiger charge is -2.08. The van der Waals surface area contributed by atoms with E-state index in [4.69, 9.17) is 4.74 Å².